The van der Waals surface area contributed by atoms with Gasteiger partial charge in [0.25, 0.3) is 0 Å². The highest BCUT2D eigenvalue weighted by Crippen LogP contribution is 2.31. The van der Waals surface area contributed by atoms with E-state index in [2.05, 4.69) is 20.8 Å². The third-order valence-electron chi connectivity index (χ3n) is 4.96. The molecule has 0 aromatic carbocycles. The van der Waals surface area contributed by atoms with Gasteiger partial charge in [0.15, 0.2) is 0 Å². The molecule has 2 unspecified atom stereocenters. The van der Waals surface area contributed by atoms with Crippen LogP contribution in [0.15, 0.2) is 0 Å². The van der Waals surface area contributed by atoms with E-state index in [1.54, 1.807) is 0 Å². The Kier molecular flexibility index (Phi) is 4.40. The minimum Gasteiger partial charge on any atom is -0.329 e. The normalized spacial score (nSPS) is 27.8. The van der Waals surface area contributed by atoms with Crippen LogP contribution >= 0.6 is 0 Å². The van der Waals surface area contributed by atoms with Crippen molar-refractivity contribution < 1.29 is 9.59 Å². The second kappa shape index (κ2) is 5.74. The number of carbonyl (C=O) groups is 2. The van der Waals surface area contributed by atoms with Gasteiger partial charge in [0.1, 0.15) is 12.1 Å². The van der Waals surface area contributed by atoms with Crippen molar-refractivity contribution in [1.82, 2.24) is 9.80 Å². The fraction of sp³-hybridized carbons (Fsp3) is 0.875. The zero-order valence-corrected chi connectivity index (χ0v) is 13.3. The molecule has 4 heteroatoms. The Morgan fingerprint density at radius 3 is 2.45 bits per heavy atom. The maximum atomic E-state index is 12.8. The number of piperazine rings is 1. The molecule has 0 radical (unpaired) electrons. The molecule has 0 aliphatic carbocycles. The number of hydrogen-bond donors (Lipinski definition) is 0. The van der Waals surface area contributed by atoms with E-state index in [0.29, 0.717) is 13.0 Å². The van der Waals surface area contributed by atoms with Crippen molar-refractivity contribution in [3.63, 3.8) is 0 Å². The van der Waals surface area contributed by atoms with Crippen molar-refractivity contribution in [2.75, 3.05) is 13.1 Å². The van der Waals surface area contributed by atoms with Crippen LogP contribution in [0.5, 0.6) is 0 Å². The van der Waals surface area contributed by atoms with Crippen LogP contribution in [0.2, 0.25) is 0 Å². The second-order valence-electron chi connectivity index (χ2n) is 6.95. The van der Waals surface area contributed by atoms with E-state index in [1.807, 2.05) is 16.7 Å². The minimum absolute atomic E-state index is 0.0696. The molecule has 2 heterocycles. The van der Waals surface area contributed by atoms with Crippen LogP contribution in [0.1, 0.15) is 59.8 Å². The summed E-state index contributed by atoms with van der Waals surface area (Å²) in [6.07, 6.45) is 4.65. The molecule has 0 N–H and O–H groups in total. The molecule has 2 saturated heterocycles. The third-order valence-corrected chi connectivity index (χ3v) is 4.96. The van der Waals surface area contributed by atoms with Crippen molar-refractivity contribution in [1.29, 1.82) is 0 Å². The number of hydrogen-bond acceptors (Lipinski definition) is 2. The maximum Gasteiger partial charge on any atom is 0.246 e. The third kappa shape index (κ3) is 2.70. The van der Waals surface area contributed by atoms with E-state index >= 15 is 0 Å². The van der Waals surface area contributed by atoms with Gasteiger partial charge in [0.2, 0.25) is 11.8 Å². The van der Waals surface area contributed by atoms with Crippen LogP contribution in [0, 0.1) is 5.41 Å². The highest BCUT2D eigenvalue weighted by atomic mass is 16.2. The summed E-state index contributed by atoms with van der Waals surface area (Å²) in [5, 5.41) is 0. The first-order valence-electron chi connectivity index (χ1n) is 8.02. The molecule has 2 atom stereocenters. The topological polar surface area (TPSA) is 40.6 Å². The first-order chi connectivity index (χ1) is 9.41. The number of carbonyl (C=O) groups excluding carboxylic acids is 2. The molecular weight excluding hydrogens is 252 g/mol. The van der Waals surface area contributed by atoms with Gasteiger partial charge in [-0.25, -0.2) is 0 Å². The number of rotatable bonds is 4. The SMILES string of the molecule is CCC1C(=O)N2CCCCC2C(=O)N1CC(C)(C)CC. The predicted octanol–water partition coefficient (Wildman–Crippen LogP) is 2.42. The maximum absolute atomic E-state index is 12.8. The Balaban J connectivity index is 2.24. The fourth-order valence-electron chi connectivity index (χ4n) is 3.28. The fourth-order valence-corrected chi connectivity index (χ4v) is 3.28. The van der Waals surface area contributed by atoms with Crippen LogP contribution in [-0.4, -0.2) is 46.8 Å². The summed E-state index contributed by atoms with van der Waals surface area (Å²) in [4.78, 5) is 29.2. The van der Waals surface area contributed by atoms with Gasteiger partial charge in [-0.15, -0.1) is 0 Å². The van der Waals surface area contributed by atoms with Crippen LogP contribution in [0.25, 0.3) is 0 Å². The molecule has 2 aliphatic heterocycles. The summed E-state index contributed by atoms with van der Waals surface area (Å²) in [5.74, 6) is 0.348. The largest absolute Gasteiger partial charge is 0.329 e. The standard InChI is InChI=1S/C16H28N2O2/c1-5-12-14(19)17-10-8-7-9-13(17)15(20)18(12)11-16(3,4)6-2/h12-13H,5-11H2,1-4H3. The van der Waals surface area contributed by atoms with Crippen molar-refractivity contribution in [3.05, 3.63) is 0 Å². The van der Waals surface area contributed by atoms with Crippen molar-refractivity contribution in [2.24, 2.45) is 5.41 Å². The molecule has 0 saturated carbocycles. The van der Waals surface area contributed by atoms with Gasteiger partial charge in [0, 0.05) is 13.1 Å². The highest BCUT2D eigenvalue weighted by molar-refractivity contribution is 5.97. The first-order valence-corrected chi connectivity index (χ1v) is 8.02. The van der Waals surface area contributed by atoms with Gasteiger partial charge >= 0.3 is 0 Å². The Labute approximate surface area is 122 Å². The quantitative estimate of drug-likeness (QED) is 0.793. The number of fused-ring (bicyclic) bond motifs is 1. The lowest BCUT2D eigenvalue weighted by Gasteiger charge is -2.48. The minimum atomic E-state index is -0.248. The van der Waals surface area contributed by atoms with Gasteiger partial charge < -0.3 is 9.80 Å². The van der Waals surface area contributed by atoms with E-state index in [-0.39, 0.29) is 29.3 Å². The van der Waals surface area contributed by atoms with Gasteiger partial charge in [0.05, 0.1) is 0 Å². The van der Waals surface area contributed by atoms with E-state index in [0.717, 1.165) is 32.2 Å². The number of piperidine rings is 1. The predicted molar refractivity (Wildman–Crippen MR) is 79.2 cm³/mol. The number of nitrogens with zero attached hydrogens (tertiary/aromatic N) is 2. The zero-order chi connectivity index (χ0) is 14.9. The van der Waals surface area contributed by atoms with Crippen molar-refractivity contribution >= 4 is 11.8 Å². The van der Waals surface area contributed by atoms with Crippen LogP contribution < -0.4 is 0 Å². The average Bonchev–Trinajstić information content (AvgIpc) is 2.45. The summed E-state index contributed by atoms with van der Waals surface area (Å²) in [6, 6.07) is -0.436. The molecule has 4 nitrogen and oxygen atoms in total. The molecule has 2 amide bonds. The first kappa shape index (κ1) is 15.3. The van der Waals surface area contributed by atoms with Crippen LogP contribution in [0.3, 0.4) is 0 Å². The summed E-state index contributed by atoms with van der Waals surface area (Å²) in [5.41, 5.74) is 0.0696. The molecule has 20 heavy (non-hydrogen) atoms. The molecule has 2 rings (SSSR count). The Hall–Kier alpha value is -1.06. The average molecular weight is 280 g/mol. The van der Waals surface area contributed by atoms with Crippen LogP contribution in [0.4, 0.5) is 0 Å². The summed E-state index contributed by atoms with van der Waals surface area (Å²) >= 11 is 0. The lowest BCUT2D eigenvalue weighted by Crippen LogP contribution is -2.66. The molecule has 2 fully saturated rings. The van der Waals surface area contributed by atoms with E-state index in [9.17, 15) is 9.59 Å². The lowest BCUT2D eigenvalue weighted by atomic mass is 9.86. The molecule has 114 valence electrons. The van der Waals surface area contributed by atoms with Gasteiger partial charge in [-0.2, -0.15) is 0 Å². The molecule has 0 aromatic heterocycles. The van der Waals surface area contributed by atoms with Crippen LogP contribution in [-0.2, 0) is 9.59 Å². The molecule has 0 aromatic rings. The summed E-state index contributed by atoms with van der Waals surface area (Å²) < 4.78 is 0. The van der Waals surface area contributed by atoms with E-state index in [4.69, 9.17) is 0 Å². The van der Waals surface area contributed by atoms with Gasteiger partial charge in [-0.1, -0.05) is 27.7 Å². The lowest BCUT2D eigenvalue weighted by molar-refractivity contribution is -0.165. The number of amides is 2. The van der Waals surface area contributed by atoms with Crippen molar-refractivity contribution in [3.8, 4) is 0 Å². The summed E-state index contributed by atoms with van der Waals surface area (Å²) in [7, 11) is 0. The molecule has 2 aliphatic rings. The van der Waals surface area contributed by atoms with Gasteiger partial charge in [-0.3, -0.25) is 9.59 Å². The second-order valence-corrected chi connectivity index (χ2v) is 6.95. The monoisotopic (exact) mass is 280 g/mol. The molecule has 0 spiro atoms. The highest BCUT2D eigenvalue weighted by Gasteiger charge is 2.46. The van der Waals surface area contributed by atoms with E-state index < -0.39 is 0 Å². The molecular formula is C16H28N2O2. The Morgan fingerprint density at radius 2 is 1.85 bits per heavy atom. The van der Waals surface area contributed by atoms with Crippen molar-refractivity contribution in [2.45, 2.75) is 71.9 Å². The van der Waals surface area contributed by atoms with E-state index in [1.165, 1.54) is 0 Å². The Morgan fingerprint density at radius 1 is 1.15 bits per heavy atom. The Bertz CT molecular complexity index is 392. The summed E-state index contributed by atoms with van der Waals surface area (Å²) in [6.45, 7) is 9.94. The van der Waals surface area contributed by atoms with Gasteiger partial charge in [-0.05, 0) is 37.5 Å². The zero-order valence-electron chi connectivity index (χ0n) is 13.3. The smallest absolute Gasteiger partial charge is 0.246 e. The molecule has 0 bridgehead atoms.